The Morgan fingerprint density at radius 1 is 1.11 bits per heavy atom. The van der Waals surface area contributed by atoms with Crippen LogP contribution in [0.5, 0.6) is 0 Å². The van der Waals surface area contributed by atoms with Gasteiger partial charge in [0, 0.05) is 4.47 Å². The lowest BCUT2D eigenvalue weighted by atomic mass is 10.2. The molecule has 0 atom stereocenters. The van der Waals surface area contributed by atoms with Crippen molar-refractivity contribution < 1.29 is 12.8 Å². The van der Waals surface area contributed by atoms with Gasteiger partial charge in [-0.25, -0.2) is 12.8 Å². The van der Waals surface area contributed by atoms with Crippen LogP contribution in [0.25, 0.3) is 0 Å². The quantitative estimate of drug-likeness (QED) is 0.923. The van der Waals surface area contributed by atoms with Gasteiger partial charge in [-0.05, 0) is 46.6 Å². The van der Waals surface area contributed by atoms with Gasteiger partial charge < -0.3 is 0 Å². The SMILES string of the molecule is Cc1cccc(F)c1NS(=O)(=O)c1ccccc1Br. The first kappa shape index (κ1) is 14.0. The Morgan fingerprint density at radius 3 is 2.42 bits per heavy atom. The number of halogens is 2. The zero-order valence-corrected chi connectivity index (χ0v) is 12.4. The highest BCUT2D eigenvalue weighted by molar-refractivity contribution is 9.10. The van der Waals surface area contributed by atoms with Crippen molar-refractivity contribution in [2.45, 2.75) is 11.8 Å². The standard InChI is InChI=1S/C13H11BrFNO2S/c1-9-5-4-7-11(15)13(9)16-19(17,18)12-8-3-2-6-10(12)14/h2-8,16H,1H3. The van der Waals surface area contributed by atoms with Gasteiger partial charge in [0.15, 0.2) is 0 Å². The molecule has 0 saturated carbocycles. The summed E-state index contributed by atoms with van der Waals surface area (Å²) in [4.78, 5) is 0.0673. The highest BCUT2D eigenvalue weighted by Crippen LogP contribution is 2.26. The summed E-state index contributed by atoms with van der Waals surface area (Å²) >= 11 is 3.17. The molecule has 2 aromatic carbocycles. The number of sulfonamides is 1. The summed E-state index contributed by atoms with van der Waals surface area (Å²) in [6, 6.07) is 10.8. The summed E-state index contributed by atoms with van der Waals surface area (Å²) in [5, 5.41) is 0. The topological polar surface area (TPSA) is 46.2 Å². The molecule has 0 heterocycles. The van der Waals surface area contributed by atoms with E-state index in [0.29, 0.717) is 10.0 Å². The van der Waals surface area contributed by atoms with Crippen LogP contribution in [0.2, 0.25) is 0 Å². The average Bonchev–Trinajstić information content (AvgIpc) is 2.34. The van der Waals surface area contributed by atoms with Crippen LogP contribution in [0.4, 0.5) is 10.1 Å². The van der Waals surface area contributed by atoms with Crippen LogP contribution in [0, 0.1) is 12.7 Å². The fourth-order valence-electron chi connectivity index (χ4n) is 1.61. The highest BCUT2D eigenvalue weighted by Gasteiger charge is 2.19. The molecule has 2 rings (SSSR count). The number of hydrogen-bond donors (Lipinski definition) is 1. The van der Waals surface area contributed by atoms with Crippen LogP contribution in [0.15, 0.2) is 51.8 Å². The molecule has 0 radical (unpaired) electrons. The molecular formula is C13H11BrFNO2S. The first-order valence-electron chi connectivity index (χ1n) is 5.44. The summed E-state index contributed by atoms with van der Waals surface area (Å²) in [5.41, 5.74) is 0.494. The van der Waals surface area contributed by atoms with Crippen LogP contribution in [-0.4, -0.2) is 8.42 Å². The molecule has 0 aliphatic heterocycles. The maximum atomic E-state index is 13.7. The zero-order chi connectivity index (χ0) is 14.0. The minimum Gasteiger partial charge on any atom is -0.276 e. The van der Waals surface area contributed by atoms with Crippen LogP contribution >= 0.6 is 15.9 Å². The Morgan fingerprint density at radius 2 is 1.79 bits per heavy atom. The Kier molecular flexibility index (Phi) is 3.91. The molecule has 1 N–H and O–H groups in total. The Balaban J connectivity index is 2.46. The lowest BCUT2D eigenvalue weighted by Gasteiger charge is -2.12. The van der Waals surface area contributed by atoms with Crippen molar-refractivity contribution in [2.75, 3.05) is 4.72 Å². The van der Waals surface area contributed by atoms with E-state index in [2.05, 4.69) is 20.7 Å². The van der Waals surface area contributed by atoms with Crippen molar-refractivity contribution in [1.29, 1.82) is 0 Å². The van der Waals surface area contributed by atoms with Gasteiger partial charge in [-0.2, -0.15) is 0 Å². The van der Waals surface area contributed by atoms with Crippen LogP contribution in [-0.2, 0) is 10.0 Å². The van der Waals surface area contributed by atoms with Crippen LogP contribution < -0.4 is 4.72 Å². The van der Waals surface area contributed by atoms with Gasteiger partial charge in [-0.3, -0.25) is 4.72 Å². The molecule has 2 aromatic rings. The second kappa shape index (κ2) is 5.30. The third kappa shape index (κ3) is 2.96. The monoisotopic (exact) mass is 343 g/mol. The van der Waals surface area contributed by atoms with E-state index >= 15 is 0 Å². The van der Waals surface area contributed by atoms with E-state index in [1.54, 1.807) is 31.2 Å². The van der Waals surface area contributed by atoms with E-state index in [1.807, 2.05) is 0 Å². The minimum atomic E-state index is -3.83. The summed E-state index contributed by atoms with van der Waals surface area (Å²) < 4.78 is 40.8. The number of benzene rings is 2. The molecule has 0 aliphatic carbocycles. The first-order chi connectivity index (χ1) is 8.92. The Bertz CT molecular complexity index is 696. The molecule has 0 aliphatic rings. The molecule has 0 bridgehead atoms. The highest BCUT2D eigenvalue weighted by atomic mass is 79.9. The van der Waals surface area contributed by atoms with E-state index in [-0.39, 0.29) is 10.6 Å². The smallest absolute Gasteiger partial charge is 0.263 e. The first-order valence-corrected chi connectivity index (χ1v) is 7.72. The van der Waals surface area contributed by atoms with Crippen molar-refractivity contribution in [3.05, 3.63) is 58.3 Å². The molecular weight excluding hydrogens is 333 g/mol. The summed E-state index contributed by atoms with van der Waals surface area (Å²) in [7, 11) is -3.83. The minimum absolute atomic E-state index is 0.0294. The van der Waals surface area contributed by atoms with Gasteiger partial charge in [0.1, 0.15) is 10.7 Å². The number of hydrogen-bond acceptors (Lipinski definition) is 2. The maximum Gasteiger partial charge on any atom is 0.263 e. The van der Waals surface area contributed by atoms with Gasteiger partial charge in [0.25, 0.3) is 10.0 Å². The molecule has 0 saturated heterocycles. The summed E-state index contributed by atoms with van der Waals surface area (Å²) in [6.07, 6.45) is 0. The van der Waals surface area contributed by atoms with Crippen LogP contribution in [0.1, 0.15) is 5.56 Å². The third-order valence-corrected chi connectivity index (χ3v) is 4.95. The number of aryl methyl sites for hydroxylation is 1. The van der Waals surface area contributed by atoms with Gasteiger partial charge in [-0.1, -0.05) is 24.3 Å². The second-order valence-corrected chi connectivity index (χ2v) is 6.47. The predicted molar refractivity (Wildman–Crippen MR) is 76.1 cm³/mol. The van der Waals surface area contributed by atoms with E-state index in [1.165, 1.54) is 18.2 Å². The van der Waals surface area contributed by atoms with Gasteiger partial charge in [0.05, 0.1) is 5.69 Å². The number of nitrogens with one attached hydrogen (secondary N) is 1. The van der Waals surface area contributed by atoms with E-state index in [9.17, 15) is 12.8 Å². The van der Waals surface area contributed by atoms with Crippen molar-refractivity contribution >= 4 is 31.6 Å². The number of anilines is 1. The van der Waals surface area contributed by atoms with Crippen molar-refractivity contribution in [3.63, 3.8) is 0 Å². The van der Waals surface area contributed by atoms with Crippen molar-refractivity contribution in [2.24, 2.45) is 0 Å². The third-order valence-electron chi connectivity index (χ3n) is 2.58. The van der Waals surface area contributed by atoms with E-state index in [0.717, 1.165) is 0 Å². The fraction of sp³-hybridized carbons (Fsp3) is 0.0769. The maximum absolute atomic E-state index is 13.7. The van der Waals surface area contributed by atoms with Gasteiger partial charge >= 0.3 is 0 Å². The zero-order valence-electron chi connectivity index (χ0n) is 10.0. The molecule has 100 valence electrons. The number of rotatable bonds is 3. The van der Waals surface area contributed by atoms with Crippen molar-refractivity contribution in [3.8, 4) is 0 Å². The molecule has 0 unspecified atom stereocenters. The average molecular weight is 344 g/mol. The van der Waals surface area contributed by atoms with Crippen molar-refractivity contribution in [1.82, 2.24) is 0 Å². The molecule has 19 heavy (non-hydrogen) atoms. The van der Waals surface area contributed by atoms with Crippen LogP contribution in [0.3, 0.4) is 0 Å². The fourth-order valence-corrected chi connectivity index (χ4v) is 3.76. The Labute approximate surface area is 119 Å². The summed E-state index contributed by atoms with van der Waals surface area (Å²) in [6.45, 7) is 1.64. The molecule has 3 nitrogen and oxygen atoms in total. The largest absolute Gasteiger partial charge is 0.276 e. The van der Waals surface area contributed by atoms with Gasteiger partial charge in [0.2, 0.25) is 0 Å². The molecule has 6 heteroatoms. The predicted octanol–water partition coefficient (Wildman–Crippen LogP) is 3.70. The molecule has 0 fully saturated rings. The molecule has 0 amide bonds. The number of para-hydroxylation sites is 1. The molecule has 0 aromatic heterocycles. The lowest BCUT2D eigenvalue weighted by Crippen LogP contribution is -2.15. The Hall–Kier alpha value is -1.40. The molecule has 0 spiro atoms. The normalized spacial score (nSPS) is 11.3. The lowest BCUT2D eigenvalue weighted by molar-refractivity contribution is 0.598. The van der Waals surface area contributed by atoms with Gasteiger partial charge in [-0.15, -0.1) is 0 Å². The summed E-state index contributed by atoms with van der Waals surface area (Å²) in [5.74, 6) is -0.601. The van der Waals surface area contributed by atoms with E-state index in [4.69, 9.17) is 0 Å². The second-order valence-electron chi connectivity index (χ2n) is 3.97. The van der Waals surface area contributed by atoms with E-state index < -0.39 is 15.8 Å².